The lowest BCUT2D eigenvalue weighted by atomic mass is 10.1. The summed E-state index contributed by atoms with van der Waals surface area (Å²) >= 11 is 3.29. The second-order valence-corrected chi connectivity index (χ2v) is 3.98. The van der Waals surface area contributed by atoms with E-state index in [0.717, 1.165) is 9.20 Å². The summed E-state index contributed by atoms with van der Waals surface area (Å²) in [5.41, 5.74) is 1.03. The lowest BCUT2D eigenvalue weighted by Gasteiger charge is -1.97. The molecule has 1 aromatic carbocycles. The summed E-state index contributed by atoms with van der Waals surface area (Å²) in [5, 5.41) is 28.3. The second-order valence-electron chi connectivity index (χ2n) is 3.06. The lowest BCUT2D eigenvalue weighted by molar-refractivity contribution is 0.165. The number of fused-ring (bicyclic) bond motifs is 1. The SMILES string of the molecule is N#Cc1c(CO)n(O)c2ccc(Br)cc12. The van der Waals surface area contributed by atoms with E-state index < -0.39 is 0 Å². The maximum atomic E-state index is 9.68. The highest BCUT2D eigenvalue weighted by molar-refractivity contribution is 9.10. The van der Waals surface area contributed by atoms with Crippen LogP contribution in [0.1, 0.15) is 11.3 Å². The normalized spacial score (nSPS) is 10.5. The number of rotatable bonds is 1. The third-order valence-electron chi connectivity index (χ3n) is 2.26. The molecule has 0 aliphatic heterocycles. The fraction of sp³-hybridized carbons (Fsp3) is 0.100. The Morgan fingerprint density at radius 1 is 1.47 bits per heavy atom. The van der Waals surface area contributed by atoms with Crippen LogP contribution in [0.25, 0.3) is 10.9 Å². The zero-order valence-corrected chi connectivity index (χ0v) is 9.19. The molecule has 5 heteroatoms. The number of nitrogens with zero attached hydrogens (tertiary/aromatic N) is 2. The van der Waals surface area contributed by atoms with Crippen LogP contribution >= 0.6 is 15.9 Å². The summed E-state index contributed by atoms with van der Waals surface area (Å²) in [5.74, 6) is 0. The number of aliphatic hydroxyl groups is 1. The Labute approximate surface area is 94.1 Å². The molecule has 0 spiro atoms. The molecule has 0 fully saturated rings. The van der Waals surface area contributed by atoms with E-state index in [1.165, 1.54) is 0 Å². The minimum Gasteiger partial charge on any atom is -0.428 e. The van der Waals surface area contributed by atoms with Gasteiger partial charge in [0.15, 0.2) is 0 Å². The van der Waals surface area contributed by atoms with E-state index in [-0.39, 0.29) is 12.3 Å². The van der Waals surface area contributed by atoms with Gasteiger partial charge in [-0.05, 0) is 18.2 Å². The molecular formula is C10H7BrN2O2. The Morgan fingerprint density at radius 2 is 2.20 bits per heavy atom. The first kappa shape index (κ1) is 10.0. The smallest absolute Gasteiger partial charge is 0.102 e. The highest BCUT2D eigenvalue weighted by atomic mass is 79.9. The standard InChI is InChI=1S/C10H7BrN2O2/c11-6-1-2-9-7(3-6)8(4-12)10(5-14)13(9)15/h1-3,14-15H,5H2. The maximum Gasteiger partial charge on any atom is 0.102 e. The summed E-state index contributed by atoms with van der Waals surface area (Å²) in [6, 6.07) is 7.15. The molecule has 1 heterocycles. The van der Waals surface area contributed by atoms with E-state index in [0.29, 0.717) is 16.5 Å². The lowest BCUT2D eigenvalue weighted by Crippen LogP contribution is -1.98. The molecule has 2 N–H and O–H groups in total. The van der Waals surface area contributed by atoms with Crippen molar-refractivity contribution in [1.82, 2.24) is 4.73 Å². The van der Waals surface area contributed by atoms with Crippen LogP contribution in [0.3, 0.4) is 0 Å². The van der Waals surface area contributed by atoms with Crippen molar-refractivity contribution < 1.29 is 10.3 Å². The van der Waals surface area contributed by atoms with Crippen LogP contribution < -0.4 is 0 Å². The van der Waals surface area contributed by atoms with Crippen LogP contribution in [0.2, 0.25) is 0 Å². The van der Waals surface area contributed by atoms with E-state index in [2.05, 4.69) is 15.9 Å². The van der Waals surface area contributed by atoms with Crippen molar-refractivity contribution >= 4 is 26.8 Å². The quantitative estimate of drug-likeness (QED) is 0.776. The van der Waals surface area contributed by atoms with Crippen molar-refractivity contribution in [2.45, 2.75) is 6.61 Å². The Bertz CT molecular complexity index is 569. The average Bonchev–Trinajstić information content (AvgIpc) is 2.50. The number of benzene rings is 1. The van der Waals surface area contributed by atoms with Gasteiger partial charge in [-0.1, -0.05) is 15.9 Å². The number of nitriles is 1. The second kappa shape index (κ2) is 3.57. The van der Waals surface area contributed by atoms with Gasteiger partial charge in [-0.25, -0.2) is 0 Å². The zero-order valence-electron chi connectivity index (χ0n) is 7.61. The fourth-order valence-electron chi connectivity index (χ4n) is 1.57. The molecule has 2 aromatic rings. The highest BCUT2D eigenvalue weighted by Crippen LogP contribution is 2.27. The van der Waals surface area contributed by atoms with Gasteiger partial charge < -0.3 is 10.3 Å². The topological polar surface area (TPSA) is 69.2 Å². The van der Waals surface area contributed by atoms with E-state index in [1.807, 2.05) is 6.07 Å². The summed E-state index contributed by atoms with van der Waals surface area (Å²) in [4.78, 5) is 0. The minimum absolute atomic E-state index is 0.214. The average molecular weight is 267 g/mol. The highest BCUT2D eigenvalue weighted by Gasteiger charge is 2.15. The van der Waals surface area contributed by atoms with Gasteiger partial charge in [0.1, 0.15) is 11.8 Å². The van der Waals surface area contributed by atoms with Crippen LogP contribution in [0.5, 0.6) is 0 Å². The van der Waals surface area contributed by atoms with E-state index in [1.54, 1.807) is 18.2 Å². The van der Waals surface area contributed by atoms with Gasteiger partial charge in [-0.3, -0.25) is 0 Å². The predicted molar refractivity (Wildman–Crippen MR) is 57.5 cm³/mol. The van der Waals surface area contributed by atoms with E-state index in [4.69, 9.17) is 10.4 Å². The first-order chi connectivity index (χ1) is 7.19. The fourth-order valence-corrected chi connectivity index (χ4v) is 1.93. The Hall–Kier alpha value is -1.51. The predicted octanol–water partition coefficient (Wildman–Crippen LogP) is 2.01. The van der Waals surface area contributed by atoms with E-state index in [9.17, 15) is 5.21 Å². The molecule has 4 nitrogen and oxygen atoms in total. The van der Waals surface area contributed by atoms with Crippen LogP contribution in [-0.4, -0.2) is 15.0 Å². The first-order valence-corrected chi connectivity index (χ1v) is 5.01. The molecule has 0 saturated carbocycles. The molecule has 0 bridgehead atoms. The first-order valence-electron chi connectivity index (χ1n) is 4.22. The molecule has 0 saturated heterocycles. The summed E-state index contributed by atoms with van der Waals surface area (Å²) in [7, 11) is 0. The summed E-state index contributed by atoms with van der Waals surface area (Å²) in [6.07, 6.45) is 0. The Kier molecular flexibility index (Phi) is 2.39. The van der Waals surface area contributed by atoms with Gasteiger partial charge in [0.2, 0.25) is 0 Å². The van der Waals surface area contributed by atoms with Crippen molar-refractivity contribution in [3.63, 3.8) is 0 Å². The molecule has 0 aliphatic carbocycles. The third kappa shape index (κ3) is 1.39. The summed E-state index contributed by atoms with van der Waals surface area (Å²) < 4.78 is 1.67. The van der Waals surface area contributed by atoms with Gasteiger partial charge in [0, 0.05) is 9.86 Å². The molecule has 0 atom stereocenters. The Balaban J connectivity index is 2.93. The molecule has 76 valence electrons. The van der Waals surface area contributed by atoms with Crippen LogP contribution in [0.4, 0.5) is 0 Å². The molecule has 0 aliphatic rings. The third-order valence-corrected chi connectivity index (χ3v) is 2.76. The van der Waals surface area contributed by atoms with Crippen LogP contribution in [-0.2, 0) is 6.61 Å². The van der Waals surface area contributed by atoms with Crippen molar-refractivity contribution in [2.75, 3.05) is 0 Å². The van der Waals surface area contributed by atoms with Crippen molar-refractivity contribution in [2.24, 2.45) is 0 Å². The zero-order chi connectivity index (χ0) is 11.0. The van der Waals surface area contributed by atoms with Crippen molar-refractivity contribution in [1.29, 1.82) is 5.26 Å². The monoisotopic (exact) mass is 266 g/mol. The molecule has 0 amide bonds. The van der Waals surface area contributed by atoms with Gasteiger partial charge in [0.25, 0.3) is 0 Å². The van der Waals surface area contributed by atoms with Gasteiger partial charge in [-0.2, -0.15) is 9.99 Å². The van der Waals surface area contributed by atoms with Gasteiger partial charge in [0.05, 0.1) is 17.7 Å². The molecule has 2 rings (SSSR count). The van der Waals surface area contributed by atoms with Gasteiger partial charge >= 0.3 is 0 Å². The number of hydrogen-bond acceptors (Lipinski definition) is 3. The van der Waals surface area contributed by atoms with Crippen molar-refractivity contribution in [3.05, 3.63) is 33.9 Å². The Morgan fingerprint density at radius 3 is 2.80 bits per heavy atom. The number of hydrogen-bond donors (Lipinski definition) is 2. The van der Waals surface area contributed by atoms with Crippen LogP contribution in [0, 0.1) is 11.3 Å². The van der Waals surface area contributed by atoms with E-state index >= 15 is 0 Å². The molecule has 15 heavy (non-hydrogen) atoms. The molecular weight excluding hydrogens is 260 g/mol. The van der Waals surface area contributed by atoms with Gasteiger partial charge in [-0.15, -0.1) is 0 Å². The molecule has 0 unspecified atom stereocenters. The molecule has 0 radical (unpaired) electrons. The van der Waals surface area contributed by atoms with Crippen LogP contribution in [0.15, 0.2) is 22.7 Å². The summed E-state index contributed by atoms with van der Waals surface area (Å²) in [6.45, 7) is -0.369. The van der Waals surface area contributed by atoms with Crippen molar-refractivity contribution in [3.8, 4) is 6.07 Å². The maximum absolute atomic E-state index is 9.68. The minimum atomic E-state index is -0.369. The largest absolute Gasteiger partial charge is 0.428 e. The molecule has 1 aromatic heterocycles. The number of aliphatic hydroxyl groups excluding tert-OH is 1. The number of aromatic nitrogens is 1. The number of halogens is 1.